The van der Waals surface area contributed by atoms with Gasteiger partial charge in [0.05, 0.1) is 6.61 Å². The Balaban J connectivity index is 2.33. The minimum absolute atomic E-state index is 0.0553. The highest BCUT2D eigenvalue weighted by Crippen LogP contribution is 2.17. The maximum atomic E-state index is 11.1. The number of rotatable bonds is 9. The van der Waals surface area contributed by atoms with Crippen LogP contribution >= 0.6 is 0 Å². The highest BCUT2D eigenvalue weighted by atomic mass is 16.5. The van der Waals surface area contributed by atoms with Crippen LogP contribution in [-0.2, 0) is 4.79 Å². The minimum atomic E-state index is 0.0553. The topological polar surface area (TPSA) is 50.4 Å². The lowest BCUT2D eigenvalue weighted by Gasteiger charge is -2.14. The van der Waals surface area contributed by atoms with Crippen molar-refractivity contribution in [3.63, 3.8) is 0 Å². The van der Waals surface area contributed by atoms with E-state index in [1.54, 1.807) is 7.05 Å². The molecule has 2 N–H and O–H groups in total. The maximum Gasteiger partial charge on any atom is 0.219 e. The molecule has 1 aromatic rings. The molecular formula is C16H26N2O2. The van der Waals surface area contributed by atoms with Crippen molar-refractivity contribution in [1.29, 1.82) is 0 Å². The van der Waals surface area contributed by atoms with Crippen LogP contribution in [0.3, 0.4) is 0 Å². The molecule has 20 heavy (non-hydrogen) atoms. The summed E-state index contributed by atoms with van der Waals surface area (Å²) in [6.45, 7) is 5.92. The third-order valence-electron chi connectivity index (χ3n) is 3.18. The lowest BCUT2D eigenvalue weighted by atomic mass is 10.1. The van der Waals surface area contributed by atoms with Crippen molar-refractivity contribution in [3.05, 3.63) is 29.8 Å². The first-order valence-corrected chi connectivity index (χ1v) is 7.34. The van der Waals surface area contributed by atoms with Gasteiger partial charge in [0, 0.05) is 19.5 Å². The molecule has 1 aromatic carbocycles. The number of carbonyl (C=O) groups is 1. The number of nitrogens with one attached hydrogen (secondary N) is 2. The van der Waals surface area contributed by atoms with E-state index < -0.39 is 0 Å². The zero-order valence-electron chi connectivity index (χ0n) is 12.7. The van der Waals surface area contributed by atoms with E-state index in [0.29, 0.717) is 19.1 Å². The number of ether oxygens (including phenoxy) is 1. The minimum Gasteiger partial charge on any atom is -0.494 e. The first kappa shape index (κ1) is 16.5. The molecule has 0 aliphatic heterocycles. The summed E-state index contributed by atoms with van der Waals surface area (Å²) < 4.78 is 5.62. The lowest BCUT2D eigenvalue weighted by Crippen LogP contribution is -2.19. The summed E-state index contributed by atoms with van der Waals surface area (Å²) in [7, 11) is 1.65. The predicted molar refractivity (Wildman–Crippen MR) is 81.9 cm³/mol. The van der Waals surface area contributed by atoms with Crippen LogP contribution in [0.1, 0.15) is 44.7 Å². The summed E-state index contributed by atoms with van der Waals surface area (Å²) in [5.41, 5.74) is 1.26. The van der Waals surface area contributed by atoms with Crippen LogP contribution in [0.2, 0.25) is 0 Å². The second-order valence-electron chi connectivity index (χ2n) is 4.87. The van der Waals surface area contributed by atoms with Crippen LogP contribution in [0.15, 0.2) is 24.3 Å². The van der Waals surface area contributed by atoms with Gasteiger partial charge in [-0.25, -0.2) is 0 Å². The van der Waals surface area contributed by atoms with E-state index in [4.69, 9.17) is 4.74 Å². The smallest absolute Gasteiger partial charge is 0.219 e. The summed E-state index contributed by atoms with van der Waals surface area (Å²) in [5, 5.41) is 6.05. The lowest BCUT2D eigenvalue weighted by molar-refractivity contribution is -0.120. The van der Waals surface area contributed by atoms with Crippen LogP contribution < -0.4 is 15.4 Å². The Labute approximate surface area is 121 Å². The third kappa shape index (κ3) is 6.06. The summed E-state index contributed by atoms with van der Waals surface area (Å²) in [6.07, 6.45) is 2.37. The van der Waals surface area contributed by atoms with Gasteiger partial charge in [-0.05, 0) is 44.0 Å². The summed E-state index contributed by atoms with van der Waals surface area (Å²) >= 11 is 0. The van der Waals surface area contributed by atoms with Crippen molar-refractivity contribution in [2.75, 3.05) is 20.2 Å². The molecule has 0 aliphatic carbocycles. The Morgan fingerprint density at radius 2 is 2.00 bits per heavy atom. The fourth-order valence-electron chi connectivity index (χ4n) is 1.88. The van der Waals surface area contributed by atoms with Crippen molar-refractivity contribution in [1.82, 2.24) is 10.6 Å². The van der Waals surface area contributed by atoms with Crippen LogP contribution in [0, 0.1) is 0 Å². The zero-order chi connectivity index (χ0) is 14.8. The van der Waals surface area contributed by atoms with E-state index in [-0.39, 0.29) is 5.91 Å². The van der Waals surface area contributed by atoms with Gasteiger partial charge in [0.1, 0.15) is 5.75 Å². The van der Waals surface area contributed by atoms with Gasteiger partial charge >= 0.3 is 0 Å². The van der Waals surface area contributed by atoms with Crippen molar-refractivity contribution >= 4 is 5.91 Å². The Morgan fingerprint density at radius 3 is 2.60 bits per heavy atom. The monoisotopic (exact) mass is 278 g/mol. The van der Waals surface area contributed by atoms with Crippen LogP contribution in [-0.4, -0.2) is 26.1 Å². The van der Waals surface area contributed by atoms with Crippen molar-refractivity contribution < 1.29 is 9.53 Å². The number of hydrogen-bond donors (Lipinski definition) is 2. The van der Waals surface area contributed by atoms with E-state index >= 15 is 0 Å². The van der Waals surface area contributed by atoms with Gasteiger partial charge < -0.3 is 15.4 Å². The summed E-state index contributed by atoms with van der Waals surface area (Å²) in [4.78, 5) is 11.1. The van der Waals surface area contributed by atoms with Gasteiger partial charge in [-0.15, -0.1) is 0 Å². The van der Waals surface area contributed by atoms with E-state index in [1.165, 1.54) is 5.56 Å². The average Bonchev–Trinajstić information content (AvgIpc) is 2.49. The fourth-order valence-corrected chi connectivity index (χ4v) is 1.88. The quantitative estimate of drug-likeness (QED) is 0.683. The van der Waals surface area contributed by atoms with E-state index in [9.17, 15) is 4.79 Å². The molecule has 0 saturated carbocycles. The normalized spacial score (nSPS) is 11.9. The molecule has 112 valence electrons. The third-order valence-corrected chi connectivity index (χ3v) is 3.18. The first-order chi connectivity index (χ1) is 9.67. The summed E-state index contributed by atoms with van der Waals surface area (Å²) in [6, 6.07) is 8.50. The number of hydrogen-bond acceptors (Lipinski definition) is 3. The Morgan fingerprint density at radius 1 is 1.30 bits per heavy atom. The largest absolute Gasteiger partial charge is 0.494 e. The summed E-state index contributed by atoms with van der Waals surface area (Å²) in [5.74, 6) is 0.910. The molecule has 0 saturated heterocycles. The van der Waals surface area contributed by atoms with Gasteiger partial charge in [0.15, 0.2) is 0 Å². The van der Waals surface area contributed by atoms with Crippen molar-refractivity contribution in [2.24, 2.45) is 0 Å². The molecule has 1 unspecified atom stereocenters. The highest BCUT2D eigenvalue weighted by molar-refractivity contribution is 5.75. The molecule has 0 bridgehead atoms. The fraction of sp³-hybridized carbons (Fsp3) is 0.562. The molecule has 0 spiro atoms. The highest BCUT2D eigenvalue weighted by Gasteiger charge is 2.04. The van der Waals surface area contributed by atoms with E-state index in [0.717, 1.165) is 25.1 Å². The SMILES string of the molecule is CCCNC(C)c1ccc(OCCCC(=O)NC)cc1. The molecule has 0 heterocycles. The molecule has 0 radical (unpaired) electrons. The van der Waals surface area contributed by atoms with Crippen molar-refractivity contribution in [3.8, 4) is 5.75 Å². The Kier molecular flexibility index (Phi) is 7.73. The number of benzene rings is 1. The van der Waals surface area contributed by atoms with Crippen LogP contribution in [0.5, 0.6) is 5.75 Å². The van der Waals surface area contributed by atoms with Gasteiger partial charge in [-0.2, -0.15) is 0 Å². The molecule has 0 fully saturated rings. The first-order valence-electron chi connectivity index (χ1n) is 7.34. The number of amides is 1. The van der Waals surface area contributed by atoms with Gasteiger partial charge in [-0.3, -0.25) is 4.79 Å². The molecule has 4 nitrogen and oxygen atoms in total. The van der Waals surface area contributed by atoms with Crippen molar-refractivity contribution in [2.45, 2.75) is 39.2 Å². The van der Waals surface area contributed by atoms with E-state index in [1.807, 2.05) is 12.1 Å². The molecule has 0 aliphatic rings. The van der Waals surface area contributed by atoms with Crippen LogP contribution in [0.4, 0.5) is 0 Å². The molecule has 1 atom stereocenters. The second-order valence-corrected chi connectivity index (χ2v) is 4.87. The Bertz CT molecular complexity index is 390. The van der Waals surface area contributed by atoms with Gasteiger partial charge in [0.2, 0.25) is 5.91 Å². The zero-order valence-corrected chi connectivity index (χ0v) is 12.7. The number of carbonyl (C=O) groups excluding carboxylic acids is 1. The standard InChI is InChI=1S/C16H26N2O2/c1-4-11-18-13(2)14-7-9-15(10-8-14)20-12-5-6-16(19)17-3/h7-10,13,18H,4-6,11-12H2,1-3H3,(H,17,19). The average molecular weight is 278 g/mol. The van der Waals surface area contributed by atoms with Crippen LogP contribution in [0.25, 0.3) is 0 Å². The molecule has 0 aromatic heterocycles. The van der Waals surface area contributed by atoms with Gasteiger partial charge in [-0.1, -0.05) is 19.1 Å². The maximum absolute atomic E-state index is 11.1. The molecule has 1 rings (SSSR count). The van der Waals surface area contributed by atoms with E-state index in [2.05, 4.69) is 36.6 Å². The molecule has 4 heteroatoms. The molecule has 1 amide bonds. The van der Waals surface area contributed by atoms with Gasteiger partial charge in [0.25, 0.3) is 0 Å². The Hall–Kier alpha value is -1.55. The molecular weight excluding hydrogens is 252 g/mol. The second kappa shape index (κ2) is 9.37. The predicted octanol–water partition coefficient (Wildman–Crippen LogP) is 2.65.